The van der Waals surface area contributed by atoms with Crippen molar-refractivity contribution in [2.45, 2.75) is 72.6 Å². The topological polar surface area (TPSA) is 12.0 Å². The molecule has 1 heterocycles. The summed E-state index contributed by atoms with van der Waals surface area (Å²) in [5.41, 5.74) is 0.641. The van der Waals surface area contributed by atoms with E-state index in [9.17, 15) is 0 Å². The highest BCUT2D eigenvalue weighted by atomic mass is 14.9. The van der Waals surface area contributed by atoms with Crippen LogP contribution in [0, 0.1) is 29.1 Å². The van der Waals surface area contributed by atoms with E-state index in [1.165, 1.54) is 58.0 Å². The Kier molecular flexibility index (Phi) is 5.34. The minimum atomic E-state index is 0.641. The van der Waals surface area contributed by atoms with Crippen LogP contribution in [0.5, 0.6) is 0 Å². The number of hydrogen-bond donors (Lipinski definition) is 1. The van der Waals surface area contributed by atoms with Crippen molar-refractivity contribution < 1.29 is 0 Å². The van der Waals surface area contributed by atoms with Gasteiger partial charge in [0.1, 0.15) is 0 Å². The molecule has 0 bridgehead atoms. The molecular formula is C18H35N. The van der Waals surface area contributed by atoms with Crippen LogP contribution in [0.4, 0.5) is 0 Å². The summed E-state index contributed by atoms with van der Waals surface area (Å²) in [6.45, 7) is 12.3. The van der Waals surface area contributed by atoms with E-state index in [0.29, 0.717) is 5.41 Å². The van der Waals surface area contributed by atoms with Crippen molar-refractivity contribution in [3.05, 3.63) is 0 Å². The van der Waals surface area contributed by atoms with E-state index in [1.54, 1.807) is 0 Å². The SMILES string of the molecule is CC(C)CC1(CC(C)C)CCNCC1C1CCCC1. The lowest BCUT2D eigenvalue weighted by Crippen LogP contribution is -2.49. The molecule has 0 aromatic rings. The van der Waals surface area contributed by atoms with Gasteiger partial charge in [-0.1, -0.05) is 53.4 Å². The van der Waals surface area contributed by atoms with Crippen molar-refractivity contribution >= 4 is 0 Å². The van der Waals surface area contributed by atoms with Crippen molar-refractivity contribution in [1.29, 1.82) is 0 Å². The maximum atomic E-state index is 3.71. The minimum absolute atomic E-state index is 0.641. The summed E-state index contributed by atoms with van der Waals surface area (Å²) in [7, 11) is 0. The molecule has 1 heteroatoms. The van der Waals surface area contributed by atoms with Gasteiger partial charge in [0.15, 0.2) is 0 Å². The van der Waals surface area contributed by atoms with Gasteiger partial charge in [-0.2, -0.15) is 0 Å². The van der Waals surface area contributed by atoms with Crippen LogP contribution in [0.1, 0.15) is 72.6 Å². The van der Waals surface area contributed by atoms with Gasteiger partial charge in [-0.05, 0) is 61.4 Å². The molecule has 1 unspecified atom stereocenters. The first-order chi connectivity index (χ1) is 9.03. The van der Waals surface area contributed by atoms with Gasteiger partial charge >= 0.3 is 0 Å². The van der Waals surface area contributed by atoms with Gasteiger partial charge in [0.25, 0.3) is 0 Å². The van der Waals surface area contributed by atoms with Crippen molar-refractivity contribution in [2.75, 3.05) is 13.1 Å². The number of piperidine rings is 1. The largest absolute Gasteiger partial charge is 0.316 e. The van der Waals surface area contributed by atoms with Crippen molar-refractivity contribution in [3.8, 4) is 0 Å². The van der Waals surface area contributed by atoms with Gasteiger partial charge in [0.05, 0.1) is 0 Å². The van der Waals surface area contributed by atoms with E-state index < -0.39 is 0 Å². The number of nitrogens with one attached hydrogen (secondary N) is 1. The second kappa shape index (κ2) is 6.61. The lowest BCUT2D eigenvalue weighted by atomic mass is 9.59. The Hall–Kier alpha value is -0.0400. The standard InChI is InChI=1S/C18H35N/c1-14(2)11-18(12-15(3)4)9-10-19-13-17(18)16-7-5-6-8-16/h14-17,19H,5-13H2,1-4H3. The number of rotatable bonds is 5. The normalized spacial score (nSPS) is 28.4. The van der Waals surface area contributed by atoms with Crippen molar-refractivity contribution in [3.63, 3.8) is 0 Å². The highest BCUT2D eigenvalue weighted by molar-refractivity contribution is 4.96. The third-order valence-corrected chi connectivity index (χ3v) is 5.55. The molecule has 0 spiro atoms. The zero-order valence-electron chi connectivity index (χ0n) is 13.7. The highest BCUT2D eigenvalue weighted by Crippen LogP contribution is 2.51. The molecule has 2 fully saturated rings. The van der Waals surface area contributed by atoms with Crippen LogP contribution in [0.25, 0.3) is 0 Å². The van der Waals surface area contributed by atoms with E-state index in [2.05, 4.69) is 33.0 Å². The van der Waals surface area contributed by atoms with E-state index in [4.69, 9.17) is 0 Å². The molecule has 2 aliphatic rings. The van der Waals surface area contributed by atoms with E-state index in [-0.39, 0.29) is 0 Å². The molecular weight excluding hydrogens is 230 g/mol. The fraction of sp³-hybridized carbons (Fsp3) is 1.00. The molecule has 0 aromatic heterocycles. The zero-order valence-corrected chi connectivity index (χ0v) is 13.7. The Labute approximate surface area is 120 Å². The predicted molar refractivity (Wildman–Crippen MR) is 84.3 cm³/mol. The zero-order chi connectivity index (χ0) is 13.9. The molecule has 0 aromatic carbocycles. The summed E-state index contributed by atoms with van der Waals surface area (Å²) >= 11 is 0. The fourth-order valence-electron chi connectivity index (χ4n) is 5.24. The van der Waals surface area contributed by atoms with Crippen LogP contribution in [0.3, 0.4) is 0 Å². The molecule has 1 N–H and O–H groups in total. The van der Waals surface area contributed by atoms with Gasteiger partial charge in [0, 0.05) is 0 Å². The van der Waals surface area contributed by atoms with Gasteiger partial charge in [0.2, 0.25) is 0 Å². The number of hydrogen-bond acceptors (Lipinski definition) is 1. The molecule has 2 rings (SSSR count). The molecule has 19 heavy (non-hydrogen) atoms. The van der Waals surface area contributed by atoms with Crippen LogP contribution < -0.4 is 5.32 Å². The smallest absolute Gasteiger partial charge is 0.00125 e. The van der Waals surface area contributed by atoms with Gasteiger partial charge < -0.3 is 5.32 Å². The van der Waals surface area contributed by atoms with Gasteiger partial charge in [-0.15, -0.1) is 0 Å². The second-order valence-electron chi connectivity index (χ2n) is 8.16. The monoisotopic (exact) mass is 265 g/mol. The Balaban J connectivity index is 2.18. The van der Waals surface area contributed by atoms with Crippen LogP contribution in [0.2, 0.25) is 0 Å². The summed E-state index contributed by atoms with van der Waals surface area (Å²) in [6.07, 6.45) is 10.3. The van der Waals surface area contributed by atoms with Gasteiger partial charge in [-0.3, -0.25) is 0 Å². The molecule has 1 saturated carbocycles. The Morgan fingerprint density at radius 3 is 2.11 bits per heavy atom. The first-order valence-electron chi connectivity index (χ1n) is 8.74. The van der Waals surface area contributed by atoms with Crippen LogP contribution in [-0.2, 0) is 0 Å². The molecule has 1 saturated heterocycles. The summed E-state index contributed by atoms with van der Waals surface area (Å²) in [6, 6.07) is 0. The first kappa shape index (κ1) is 15.4. The molecule has 1 atom stereocenters. The summed E-state index contributed by atoms with van der Waals surface area (Å²) < 4.78 is 0. The summed E-state index contributed by atoms with van der Waals surface area (Å²) in [5, 5.41) is 3.71. The summed E-state index contributed by atoms with van der Waals surface area (Å²) in [4.78, 5) is 0. The predicted octanol–water partition coefficient (Wildman–Crippen LogP) is 4.86. The average Bonchev–Trinajstić information content (AvgIpc) is 2.80. The maximum absolute atomic E-state index is 3.71. The third-order valence-electron chi connectivity index (χ3n) is 5.55. The van der Waals surface area contributed by atoms with Crippen molar-refractivity contribution in [2.24, 2.45) is 29.1 Å². The Bertz CT molecular complexity index is 253. The van der Waals surface area contributed by atoms with Crippen LogP contribution in [0.15, 0.2) is 0 Å². The minimum Gasteiger partial charge on any atom is -0.316 e. The maximum Gasteiger partial charge on any atom is -0.00125 e. The second-order valence-corrected chi connectivity index (χ2v) is 8.16. The molecule has 0 radical (unpaired) electrons. The Morgan fingerprint density at radius 2 is 1.58 bits per heavy atom. The lowest BCUT2D eigenvalue weighted by Gasteiger charge is -2.49. The van der Waals surface area contributed by atoms with Gasteiger partial charge in [-0.25, -0.2) is 0 Å². The summed E-state index contributed by atoms with van der Waals surface area (Å²) in [5.74, 6) is 3.67. The fourth-order valence-corrected chi connectivity index (χ4v) is 5.24. The van der Waals surface area contributed by atoms with E-state index in [0.717, 1.165) is 23.7 Å². The average molecular weight is 265 g/mol. The Morgan fingerprint density at radius 1 is 1.00 bits per heavy atom. The molecule has 1 nitrogen and oxygen atoms in total. The highest BCUT2D eigenvalue weighted by Gasteiger charge is 2.45. The van der Waals surface area contributed by atoms with Crippen LogP contribution in [-0.4, -0.2) is 13.1 Å². The molecule has 0 amide bonds. The molecule has 1 aliphatic carbocycles. The van der Waals surface area contributed by atoms with Crippen molar-refractivity contribution in [1.82, 2.24) is 5.32 Å². The lowest BCUT2D eigenvalue weighted by molar-refractivity contribution is 0.0189. The third kappa shape index (κ3) is 3.74. The first-order valence-corrected chi connectivity index (χ1v) is 8.74. The van der Waals surface area contributed by atoms with Crippen LogP contribution >= 0.6 is 0 Å². The molecule has 1 aliphatic heterocycles. The molecule has 112 valence electrons. The van der Waals surface area contributed by atoms with E-state index >= 15 is 0 Å². The quantitative estimate of drug-likeness (QED) is 0.748. The van der Waals surface area contributed by atoms with E-state index in [1.807, 2.05) is 0 Å².